The highest BCUT2D eigenvalue weighted by Crippen LogP contribution is 2.19. The fourth-order valence-corrected chi connectivity index (χ4v) is 2.12. The van der Waals surface area contributed by atoms with Gasteiger partial charge in [0, 0.05) is 19.8 Å². The van der Waals surface area contributed by atoms with Crippen LogP contribution >= 0.6 is 0 Å². The van der Waals surface area contributed by atoms with Crippen LogP contribution in [0.1, 0.15) is 52.4 Å². The molecule has 2 unspecified atom stereocenters. The van der Waals surface area contributed by atoms with Crippen LogP contribution in [-0.4, -0.2) is 33.0 Å². The minimum Gasteiger partial charge on any atom is -0.382 e. The summed E-state index contributed by atoms with van der Waals surface area (Å²) in [5.41, 5.74) is 2.92. The Labute approximate surface area is 113 Å². The van der Waals surface area contributed by atoms with Crippen molar-refractivity contribution < 1.29 is 9.47 Å². The summed E-state index contributed by atoms with van der Waals surface area (Å²) in [6.07, 6.45) is 7.28. The largest absolute Gasteiger partial charge is 0.382 e. The minimum absolute atomic E-state index is 0.370. The van der Waals surface area contributed by atoms with Crippen molar-refractivity contribution in [3.05, 3.63) is 0 Å². The average Bonchev–Trinajstić information content (AvgIpc) is 2.41. The zero-order valence-corrected chi connectivity index (χ0v) is 12.4. The lowest BCUT2D eigenvalue weighted by molar-refractivity contribution is 0.0645. The number of methoxy groups -OCH3 is 1. The predicted octanol–water partition coefficient (Wildman–Crippen LogP) is 2.48. The molecule has 0 radical (unpaired) electrons. The fraction of sp³-hybridized carbons (Fsp3) is 1.00. The van der Waals surface area contributed by atoms with Gasteiger partial charge in [0.25, 0.3) is 0 Å². The van der Waals surface area contributed by atoms with Gasteiger partial charge in [0.15, 0.2) is 0 Å². The molecular formula is C14H32N2O2. The van der Waals surface area contributed by atoms with E-state index in [-0.39, 0.29) is 0 Å². The van der Waals surface area contributed by atoms with Crippen molar-refractivity contribution in [1.82, 2.24) is 5.43 Å². The van der Waals surface area contributed by atoms with E-state index in [0.717, 1.165) is 25.4 Å². The number of ether oxygens (including phenoxy) is 2. The lowest BCUT2D eigenvalue weighted by Crippen LogP contribution is -2.37. The highest BCUT2D eigenvalue weighted by atomic mass is 16.5. The number of unbranched alkanes of at least 4 members (excludes halogenated alkanes) is 1. The van der Waals surface area contributed by atoms with Crippen molar-refractivity contribution in [3.8, 4) is 0 Å². The molecule has 0 aromatic carbocycles. The quantitative estimate of drug-likeness (QED) is 0.303. The number of rotatable bonds is 13. The van der Waals surface area contributed by atoms with E-state index in [1.807, 2.05) is 0 Å². The van der Waals surface area contributed by atoms with Crippen molar-refractivity contribution in [2.24, 2.45) is 11.8 Å². The van der Waals surface area contributed by atoms with E-state index in [0.29, 0.717) is 19.3 Å². The maximum Gasteiger partial charge on any atom is 0.0700 e. The summed E-state index contributed by atoms with van der Waals surface area (Å²) >= 11 is 0. The molecule has 0 bridgehead atoms. The molecule has 0 rings (SSSR count). The molecule has 0 aliphatic rings. The SMILES string of the molecule is CCCCC(CC)CC(CCOCCOC)NN. The number of hydrogen-bond donors (Lipinski definition) is 2. The van der Waals surface area contributed by atoms with Crippen LogP contribution in [0.5, 0.6) is 0 Å². The zero-order valence-electron chi connectivity index (χ0n) is 12.4. The van der Waals surface area contributed by atoms with Crippen LogP contribution in [0.4, 0.5) is 0 Å². The second-order valence-corrected chi connectivity index (χ2v) is 4.91. The summed E-state index contributed by atoms with van der Waals surface area (Å²) in [4.78, 5) is 0. The monoisotopic (exact) mass is 260 g/mol. The first-order chi connectivity index (χ1) is 8.78. The third-order valence-corrected chi connectivity index (χ3v) is 3.44. The van der Waals surface area contributed by atoms with Gasteiger partial charge in [0.2, 0.25) is 0 Å². The Hall–Kier alpha value is -0.160. The van der Waals surface area contributed by atoms with Gasteiger partial charge < -0.3 is 9.47 Å². The van der Waals surface area contributed by atoms with E-state index in [2.05, 4.69) is 19.3 Å². The lowest BCUT2D eigenvalue weighted by Gasteiger charge is -2.22. The Kier molecular flexibility index (Phi) is 13.2. The molecule has 18 heavy (non-hydrogen) atoms. The van der Waals surface area contributed by atoms with E-state index in [1.54, 1.807) is 7.11 Å². The highest BCUT2D eigenvalue weighted by Gasteiger charge is 2.13. The van der Waals surface area contributed by atoms with Crippen LogP contribution in [0.3, 0.4) is 0 Å². The Morgan fingerprint density at radius 1 is 1.11 bits per heavy atom. The third-order valence-electron chi connectivity index (χ3n) is 3.44. The number of hydrazine groups is 1. The van der Waals surface area contributed by atoms with Gasteiger partial charge in [-0.1, -0.05) is 39.5 Å². The van der Waals surface area contributed by atoms with E-state index >= 15 is 0 Å². The summed E-state index contributed by atoms with van der Waals surface area (Å²) in [5.74, 6) is 6.40. The standard InChI is InChI=1S/C14H32N2O2/c1-4-6-7-13(5-2)12-14(16-15)8-9-18-11-10-17-3/h13-14,16H,4-12,15H2,1-3H3. The molecule has 110 valence electrons. The Morgan fingerprint density at radius 2 is 1.89 bits per heavy atom. The first kappa shape index (κ1) is 17.8. The number of nitrogens with two attached hydrogens (primary N) is 1. The van der Waals surface area contributed by atoms with Crippen LogP contribution in [0, 0.1) is 5.92 Å². The number of nitrogens with one attached hydrogen (secondary N) is 1. The summed E-state index contributed by atoms with van der Waals surface area (Å²) in [6.45, 7) is 6.59. The topological polar surface area (TPSA) is 56.5 Å². The van der Waals surface area contributed by atoms with Crippen LogP contribution in [0.25, 0.3) is 0 Å². The molecule has 0 amide bonds. The molecule has 0 saturated carbocycles. The summed E-state index contributed by atoms with van der Waals surface area (Å²) in [5, 5.41) is 0. The third kappa shape index (κ3) is 9.83. The molecule has 0 aliphatic carbocycles. The maximum absolute atomic E-state index is 5.62. The molecule has 0 saturated heterocycles. The van der Waals surface area contributed by atoms with Crippen molar-refractivity contribution in [1.29, 1.82) is 0 Å². The van der Waals surface area contributed by atoms with Crippen LogP contribution < -0.4 is 11.3 Å². The molecule has 0 aromatic heterocycles. The van der Waals surface area contributed by atoms with Gasteiger partial charge in [0.1, 0.15) is 0 Å². The van der Waals surface area contributed by atoms with Gasteiger partial charge in [-0.3, -0.25) is 11.3 Å². The number of hydrogen-bond acceptors (Lipinski definition) is 4. The fourth-order valence-electron chi connectivity index (χ4n) is 2.12. The molecule has 0 aliphatic heterocycles. The molecule has 3 N–H and O–H groups in total. The van der Waals surface area contributed by atoms with E-state index < -0.39 is 0 Å². The molecule has 2 atom stereocenters. The van der Waals surface area contributed by atoms with Crippen LogP contribution in [0.2, 0.25) is 0 Å². The zero-order chi connectivity index (χ0) is 13.6. The van der Waals surface area contributed by atoms with Gasteiger partial charge in [-0.15, -0.1) is 0 Å². The molecule has 0 aromatic rings. The van der Waals surface area contributed by atoms with Gasteiger partial charge in [-0.2, -0.15) is 0 Å². The van der Waals surface area contributed by atoms with Crippen molar-refractivity contribution in [2.45, 2.75) is 58.4 Å². The Bertz CT molecular complexity index is 168. The van der Waals surface area contributed by atoms with E-state index in [4.69, 9.17) is 15.3 Å². The molecule has 4 heteroatoms. The lowest BCUT2D eigenvalue weighted by atomic mass is 9.91. The second kappa shape index (κ2) is 13.3. The molecule has 4 nitrogen and oxygen atoms in total. The van der Waals surface area contributed by atoms with Crippen molar-refractivity contribution in [3.63, 3.8) is 0 Å². The Balaban J connectivity index is 3.71. The Morgan fingerprint density at radius 3 is 2.44 bits per heavy atom. The van der Waals surface area contributed by atoms with Gasteiger partial charge in [-0.05, 0) is 18.8 Å². The predicted molar refractivity (Wildman–Crippen MR) is 76.3 cm³/mol. The molecule has 0 spiro atoms. The van der Waals surface area contributed by atoms with Gasteiger partial charge in [-0.25, -0.2) is 0 Å². The summed E-state index contributed by atoms with van der Waals surface area (Å²) in [7, 11) is 1.69. The highest BCUT2D eigenvalue weighted by molar-refractivity contribution is 4.69. The van der Waals surface area contributed by atoms with Gasteiger partial charge >= 0.3 is 0 Å². The summed E-state index contributed by atoms with van der Waals surface area (Å²) < 4.78 is 10.4. The average molecular weight is 260 g/mol. The second-order valence-electron chi connectivity index (χ2n) is 4.91. The first-order valence-corrected chi connectivity index (χ1v) is 7.31. The minimum atomic E-state index is 0.370. The van der Waals surface area contributed by atoms with Crippen molar-refractivity contribution in [2.75, 3.05) is 26.9 Å². The van der Waals surface area contributed by atoms with E-state index in [1.165, 1.54) is 25.7 Å². The molecular weight excluding hydrogens is 228 g/mol. The smallest absolute Gasteiger partial charge is 0.0700 e. The summed E-state index contributed by atoms with van der Waals surface area (Å²) in [6, 6.07) is 0.370. The normalized spacial score (nSPS) is 14.7. The van der Waals surface area contributed by atoms with Crippen molar-refractivity contribution >= 4 is 0 Å². The van der Waals surface area contributed by atoms with Crippen LogP contribution in [0.15, 0.2) is 0 Å². The maximum atomic E-state index is 5.62. The molecule has 0 fully saturated rings. The van der Waals surface area contributed by atoms with Gasteiger partial charge in [0.05, 0.1) is 13.2 Å². The molecule has 0 heterocycles. The van der Waals surface area contributed by atoms with Crippen LogP contribution in [-0.2, 0) is 9.47 Å². The first-order valence-electron chi connectivity index (χ1n) is 7.31. The van der Waals surface area contributed by atoms with E-state index in [9.17, 15) is 0 Å².